The number of rotatable bonds is 2. The Morgan fingerprint density at radius 1 is 1.83 bits per heavy atom. The summed E-state index contributed by atoms with van der Waals surface area (Å²) in [5, 5.41) is 0. The van der Waals surface area contributed by atoms with E-state index in [4.69, 9.17) is 0 Å². The molecule has 0 saturated carbocycles. The van der Waals surface area contributed by atoms with Gasteiger partial charge in [0, 0.05) is 7.11 Å². The van der Waals surface area contributed by atoms with Crippen molar-refractivity contribution in [3.63, 3.8) is 0 Å². The van der Waals surface area contributed by atoms with Gasteiger partial charge >= 0.3 is 0 Å². The number of hydrogen-bond donors (Lipinski definition) is 0. The molecule has 0 aliphatic rings. The number of hydrogen-bond acceptors (Lipinski definition) is 2. The molecule has 0 N–H and O–H groups in total. The molecule has 0 radical (unpaired) electrons. The minimum absolute atomic E-state index is 0.483. The average Bonchev–Trinajstić information content (AvgIpc) is 1.61. The fraction of sp³-hybridized carbons (Fsp3) is 0.750. The molecule has 0 saturated heterocycles. The second kappa shape index (κ2) is 4.63. The summed E-state index contributed by atoms with van der Waals surface area (Å²) in [4.78, 5) is 3.74. The smallest absolute Gasteiger partial charge is 0.136 e. The molecule has 0 atom stereocenters. The third-order valence-corrected chi connectivity index (χ3v) is 0.386. The van der Waals surface area contributed by atoms with E-state index in [1.807, 2.05) is 6.92 Å². The Labute approximate surface area is 37.8 Å². The molecule has 0 spiro atoms. The normalized spacial score (nSPS) is 10.3. The maximum Gasteiger partial charge on any atom is 0.136 e. The van der Waals surface area contributed by atoms with Crippen molar-refractivity contribution in [1.29, 1.82) is 0 Å². The number of aliphatic imine (C=N–C) groups is 1. The van der Waals surface area contributed by atoms with E-state index in [9.17, 15) is 0 Å². The summed E-state index contributed by atoms with van der Waals surface area (Å²) in [6.07, 6.45) is 1.71. The molecule has 36 valence electrons. The van der Waals surface area contributed by atoms with Gasteiger partial charge in [-0.25, -0.2) is 0 Å². The van der Waals surface area contributed by atoms with E-state index in [-0.39, 0.29) is 0 Å². The summed E-state index contributed by atoms with van der Waals surface area (Å²) in [6, 6.07) is 0. The molecule has 0 unspecified atom stereocenters. The van der Waals surface area contributed by atoms with E-state index < -0.39 is 0 Å². The number of ether oxygens (including phenoxy) is 1. The van der Waals surface area contributed by atoms with Gasteiger partial charge in [0.25, 0.3) is 0 Å². The van der Waals surface area contributed by atoms with E-state index in [1.165, 1.54) is 0 Å². The molecule has 0 aromatic carbocycles. The Bertz CT molecular complexity index is 42.8. The van der Waals surface area contributed by atoms with Gasteiger partial charge in [-0.2, -0.15) is 0 Å². The topological polar surface area (TPSA) is 21.6 Å². The first-order valence-corrected chi connectivity index (χ1v) is 1.85. The van der Waals surface area contributed by atoms with Crippen LogP contribution in [-0.4, -0.2) is 20.1 Å². The molecular weight excluding hydrogens is 78.0 g/mol. The molecule has 0 amide bonds. The Morgan fingerprint density at radius 2 is 2.50 bits per heavy atom. The molecule has 6 heavy (non-hydrogen) atoms. The Balaban J connectivity index is 2.66. The molecule has 0 rings (SSSR count). The van der Waals surface area contributed by atoms with Gasteiger partial charge in [0.05, 0.1) is 0 Å². The van der Waals surface area contributed by atoms with Crippen molar-refractivity contribution in [1.82, 2.24) is 0 Å². The number of methoxy groups -OCH3 is 1. The highest BCUT2D eigenvalue weighted by molar-refractivity contribution is 5.52. The third-order valence-electron chi connectivity index (χ3n) is 0.386. The molecule has 0 aromatic rings. The first-order chi connectivity index (χ1) is 2.91. The molecular formula is C4H9NO. The van der Waals surface area contributed by atoms with Crippen molar-refractivity contribution in [2.75, 3.05) is 13.8 Å². The SMILES string of the molecule is C/C=N/COC. The standard InChI is InChI=1S/C4H9NO/c1-3-5-4-6-2/h3H,4H2,1-2H3/b5-3+. The minimum Gasteiger partial charge on any atom is -0.363 e. The van der Waals surface area contributed by atoms with Crippen LogP contribution in [0, 0.1) is 0 Å². The fourth-order valence-electron chi connectivity index (χ4n) is 0.149. The van der Waals surface area contributed by atoms with Gasteiger partial charge in [-0.1, -0.05) is 0 Å². The highest BCUT2D eigenvalue weighted by Crippen LogP contribution is 1.63. The van der Waals surface area contributed by atoms with Crippen molar-refractivity contribution < 1.29 is 4.74 Å². The lowest BCUT2D eigenvalue weighted by molar-refractivity contribution is 0.209. The monoisotopic (exact) mass is 87.1 g/mol. The Kier molecular flexibility index (Phi) is 4.34. The van der Waals surface area contributed by atoms with Crippen LogP contribution in [0.5, 0.6) is 0 Å². The highest BCUT2D eigenvalue weighted by atomic mass is 16.5. The van der Waals surface area contributed by atoms with Crippen LogP contribution in [0.4, 0.5) is 0 Å². The minimum atomic E-state index is 0.483. The van der Waals surface area contributed by atoms with E-state index in [0.717, 1.165) is 0 Å². The summed E-state index contributed by atoms with van der Waals surface area (Å²) in [5.74, 6) is 0. The van der Waals surface area contributed by atoms with Gasteiger partial charge in [0.1, 0.15) is 6.73 Å². The van der Waals surface area contributed by atoms with Crippen LogP contribution in [0.3, 0.4) is 0 Å². The largest absolute Gasteiger partial charge is 0.363 e. The van der Waals surface area contributed by atoms with E-state index >= 15 is 0 Å². The van der Waals surface area contributed by atoms with Crippen LogP contribution in [0.2, 0.25) is 0 Å². The predicted molar refractivity (Wildman–Crippen MR) is 26.0 cm³/mol. The molecule has 2 nitrogen and oxygen atoms in total. The molecule has 0 aliphatic carbocycles. The second-order valence-corrected chi connectivity index (χ2v) is 0.859. The lowest BCUT2D eigenvalue weighted by atomic mass is 10.9. The van der Waals surface area contributed by atoms with Crippen LogP contribution >= 0.6 is 0 Å². The molecule has 0 heterocycles. The molecule has 0 fully saturated rings. The lowest BCUT2D eigenvalue weighted by Crippen LogP contribution is -1.79. The summed E-state index contributed by atoms with van der Waals surface area (Å²) in [7, 11) is 1.62. The zero-order valence-electron chi connectivity index (χ0n) is 4.14. The van der Waals surface area contributed by atoms with Crippen molar-refractivity contribution in [3.05, 3.63) is 0 Å². The first-order valence-electron chi connectivity index (χ1n) is 1.85. The summed E-state index contributed by atoms with van der Waals surface area (Å²) in [5.41, 5.74) is 0. The number of nitrogens with zero attached hydrogens (tertiary/aromatic N) is 1. The van der Waals surface area contributed by atoms with Crippen LogP contribution in [-0.2, 0) is 4.74 Å². The quantitative estimate of drug-likeness (QED) is 0.454. The fourth-order valence-corrected chi connectivity index (χ4v) is 0.149. The van der Waals surface area contributed by atoms with Crippen molar-refractivity contribution >= 4 is 6.21 Å². The van der Waals surface area contributed by atoms with E-state index in [0.29, 0.717) is 6.73 Å². The Morgan fingerprint density at radius 3 is 2.67 bits per heavy atom. The third kappa shape index (κ3) is 3.63. The molecule has 2 heteroatoms. The van der Waals surface area contributed by atoms with Crippen molar-refractivity contribution in [3.8, 4) is 0 Å². The van der Waals surface area contributed by atoms with Gasteiger partial charge in [0.15, 0.2) is 0 Å². The van der Waals surface area contributed by atoms with Gasteiger partial charge in [0.2, 0.25) is 0 Å². The molecule has 0 aliphatic heterocycles. The van der Waals surface area contributed by atoms with Crippen molar-refractivity contribution in [2.24, 2.45) is 4.99 Å². The summed E-state index contributed by atoms with van der Waals surface area (Å²) < 4.78 is 4.58. The lowest BCUT2D eigenvalue weighted by Gasteiger charge is -1.82. The molecule has 0 bridgehead atoms. The Hall–Kier alpha value is -0.370. The van der Waals surface area contributed by atoms with Crippen LogP contribution in [0.25, 0.3) is 0 Å². The van der Waals surface area contributed by atoms with Gasteiger partial charge < -0.3 is 4.74 Å². The van der Waals surface area contributed by atoms with Crippen LogP contribution < -0.4 is 0 Å². The maximum atomic E-state index is 4.58. The average molecular weight is 87.1 g/mol. The zero-order chi connectivity index (χ0) is 4.83. The zero-order valence-corrected chi connectivity index (χ0v) is 4.14. The van der Waals surface area contributed by atoms with Gasteiger partial charge in [-0.05, 0) is 13.1 Å². The van der Waals surface area contributed by atoms with E-state index in [1.54, 1.807) is 13.3 Å². The second-order valence-electron chi connectivity index (χ2n) is 0.859. The van der Waals surface area contributed by atoms with Crippen molar-refractivity contribution in [2.45, 2.75) is 6.92 Å². The van der Waals surface area contributed by atoms with Crippen LogP contribution in [0.15, 0.2) is 4.99 Å². The maximum absolute atomic E-state index is 4.58. The summed E-state index contributed by atoms with van der Waals surface area (Å²) >= 11 is 0. The summed E-state index contributed by atoms with van der Waals surface area (Å²) in [6.45, 7) is 2.34. The van der Waals surface area contributed by atoms with Crippen LogP contribution in [0.1, 0.15) is 6.92 Å². The predicted octanol–water partition coefficient (Wildman–Crippen LogP) is 0.681. The van der Waals surface area contributed by atoms with Gasteiger partial charge in [-0.15, -0.1) is 0 Å². The van der Waals surface area contributed by atoms with E-state index in [2.05, 4.69) is 9.73 Å². The molecule has 0 aromatic heterocycles. The first kappa shape index (κ1) is 5.63. The van der Waals surface area contributed by atoms with Gasteiger partial charge in [-0.3, -0.25) is 4.99 Å². The highest BCUT2D eigenvalue weighted by Gasteiger charge is 1.61.